The highest BCUT2D eigenvalue weighted by Crippen LogP contribution is 2.34. The summed E-state index contributed by atoms with van der Waals surface area (Å²) in [6, 6.07) is 15.7. The first kappa shape index (κ1) is 42.8. The fourth-order valence-corrected chi connectivity index (χ4v) is 8.48. The summed E-state index contributed by atoms with van der Waals surface area (Å²) in [6.45, 7) is 3.11. The van der Waals surface area contributed by atoms with Gasteiger partial charge in [0, 0.05) is 75.9 Å². The molecule has 0 saturated carbocycles. The van der Waals surface area contributed by atoms with Gasteiger partial charge in [-0.2, -0.15) is 0 Å². The van der Waals surface area contributed by atoms with E-state index < -0.39 is 29.7 Å². The van der Waals surface area contributed by atoms with Gasteiger partial charge in [-0.3, -0.25) is 43.4 Å². The van der Waals surface area contributed by atoms with Gasteiger partial charge in [-0.05, 0) is 61.2 Å². The number of ether oxygens (including phenoxy) is 1. The van der Waals surface area contributed by atoms with Gasteiger partial charge in [0.2, 0.25) is 17.7 Å². The van der Waals surface area contributed by atoms with Crippen LogP contribution in [0.1, 0.15) is 96.5 Å². The maximum absolute atomic E-state index is 13.2. The van der Waals surface area contributed by atoms with Gasteiger partial charge in [-0.15, -0.1) is 10.2 Å². The summed E-state index contributed by atoms with van der Waals surface area (Å²) >= 11 is 0. The highest BCUT2D eigenvalue weighted by Gasteiger charge is 2.46. The van der Waals surface area contributed by atoms with Gasteiger partial charge in [0.05, 0.1) is 17.4 Å². The number of nitrogens with zero attached hydrogens (tertiary/aromatic N) is 7. The minimum Gasteiger partial charge on any atom is -0.483 e. The second kappa shape index (κ2) is 19.9. The molecule has 0 bridgehead atoms. The normalized spacial score (nSPS) is 16.4. The Balaban J connectivity index is 0.671. The second-order valence-corrected chi connectivity index (χ2v) is 16.1. The van der Waals surface area contributed by atoms with Crippen molar-refractivity contribution in [3.63, 3.8) is 0 Å². The van der Waals surface area contributed by atoms with E-state index in [1.807, 2.05) is 27.6 Å². The quantitative estimate of drug-likeness (QED) is 0.0870. The van der Waals surface area contributed by atoms with Gasteiger partial charge in [-0.25, -0.2) is 4.98 Å². The molecule has 63 heavy (non-hydrogen) atoms. The number of fused-ring (bicyclic) bond motifs is 2. The SMILES string of the molecule is O=C(COc1cccc2c1C(=O)N(C1CCC(=O)NC1=O)C2=O)NCCCCCCCCCC(=O)N1CCN(c2ccc(-c3cnc(CCc4ccco4)n4cnnc34)cc2)CC1. The van der Waals surface area contributed by atoms with Crippen molar-refractivity contribution in [2.24, 2.45) is 0 Å². The number of rotatable bonds is 19. The van der Waals surface area contributed by atoms with Gasteiger partial charge >= 0.3 is 0 Å². The summed E-state index contributed by atoms with van der Waals surface area (Å²) in [5.74, 6) is -0.727. The van der Waals surface area contributed by atoms with Crippen LogP contribution in [0.2, 0.25) is 0 Å². The van der Waals surface area contributed by atoms with Crippen LogP contribution in [0.5, 0.6) is 5.75 Å². The Hall–Kier alpha value is -6.91. The Morgan fingerprint density at radius 1 is 0.841 bits per heavy atom. The van der Waals surface area contributed by atoms with Crippen molar-refractivity contribution < 1.29 is 37.9 Å². The van der Waals surface area contributed by atoms with Gasteiger partial charge in [0.25, 0.3) is 17.7 Å². The van der Waals surface area contributed by atoms with Crippen molar-refractivity contribution in [3.8, 4) is 16.9 Å². The van der Waals surface area contributed by atoms with Crippen LogP contribution in [0.25, 0.3) is 16.8 Å². The number of carbonyl (C=O) groups is 6. The fraction of sp³-hybridized carbons (Fsp3) is 0.413. The molecule has 0 spiro atoms. The number of amides is 6. The Labute approximate surface area is 364 Å². The third-order valence-electron chi connectivity index (χ3n) is 11.9. The number of aromatic nitrogens is 4. The molecule has 2 saturated heterocycles. The molecule has 1 atom stereocenters. The monoisotopic (exact) mass is 857 g/mol. The number of piperazine rings is 1. The molecule has 3 aromatic heterocycles. The first-order valence-corrected chi connectivity index (χ1v) is 21.8. The van der Waals surface area contributed by atoms with Gasteiger partial charge < -0.3 is 24.3 Å². The van der Waals surface area contributed by atoms with Crippen LogP contribution in [-0.4, -0.2) is 110 Å². The van der Waals surface area contributed by atoms with Crippen molar-refractivity contribution >= 4 is 46.8 Å². The molecule has 17 heteroatoms. The van der Waals surface area contributed by atoms with Gasteiger partial charge in [-0.1, -0.05) is 50.3 Å². The summed E-state index contributed by atoms with van der Waals surface area (Å²) in [6.07, 6.45) is 14.1. The summed E-state index contributed by atoms with van der Waals surface area (Å²) in [7, 11) is 0. The average molecular weight is 858 g/mol. The number of anilines is 1. The number of furan rings is 1. The second-order valence-electron chi connectivity index (χ2n) is 16.1. The number of imide groups is 2. The summed E-state index contributed by atoms with van der Waals surface area (Å²) in [5.41, 5.74) is 3.92. The Kier molecular flexibility index (Phi) is 13.5. The third-order valence-corrected chi connectivity index (χ3v) is 11.9. The number of piperidine rings is 1. The molecule has 1 unspecified atom stereocenters. The van der Waals surface area contributed by atoms with E-state index in [1.165, 1.54) is 12.1 Å². The topological polar surface area (TPSA) is 202 Å². The van der Waals surface area contributed by atoms with E-state index in [0.29, 0.717) is 32.5 Å². The molecule has 0 aliphatic carbocycles. The third kappa shape index (κ3) is 9.92. The maximum Gasteiger partial charge on any atom is 0.266 e. The van der Waals surface area contributed by atoms with Crippen molar-refractivity contribution in [1.82, 2.24) is 40.0 Å². The van der Waals surface area contributed by atoms with Crippen LogP contribution >= 0.6 is 0 Å². The minimum atomic E-state index is -1.08. The van der Waals surface area contributed by atoms with Crippen molar-refractivity contribution in [1.29, 1.82) is 0 Å². The van der Waals surface area contributed by atoms with E-state index in [0.717, 1.165) is 103 Å². The number of aryl methyl sites for hydroxylation is 2. The van der Waals surface area contributed by atoms with E-state index in [2.05, 4.69) is 50.0 Å². The van der Waals surface area contributed by atoms with Crippen LogP contribution in [0.4, 0.5) is 5.69 Å². The van der Waals surface area contributed by atoms with E-state index in [9.17, 15) is 28.8 Å². The van der Waals surface area contributed by atoms with E-state index in [1.54, 1.807) is 18.7 Å². The number of carbonyl (C=O) groups excluding carboxylic acids is 6. The molecule has 5 aromatic rings. The first-order chi connectivity index (χ1) is 30.7. The van der Waals surface area contributed by atoms with Crippen LogP contribution in [0, 0.1) is 0 Å². The molecule has 2 N–H and O–H groups in total. The van der Waals surface area contributed by atoms with E-state index in [-0.39, 0.29) is 48.1 Å². The lowest BCUT2D eigenvalue weighted by Crippen LogP contribution is -2.54. The molecule has 6 amide bonds. The Morgan fingerprint density at radius 3 is 2.38 bits per heavy atom. The summed E-state index contributed by atoms with van der Waals surface area (Å²) < 4.78 is 13.1. The van der Waals surface area contributed by atoms with Crippen LogP contribution in [0.3, 0.4) is 0 Å². The number of hydrogen-bond donors (Lipinski definition) is 2. The van der Waals surface area contributed by atoms with E-state index in [4.69, 9.17) is 14.1 Å². The highest BCUT2D eigenvalue weighted by atomic mass is 16.5. The first-order valence-electron chi connectivity index (χ1n) is 21.8. The number of unbranched alkanes of at least 4 members (excludes halogenated alkanes) is 6. The predicted octanol–water partition coefficient (Wildman–Crippen LogP) is 4.54. The predicted molar refractivity (Wildman–Crippen MR) is 230 cm³/mol. The zero-order chi connectivity index (χ0) is 43.7. The van der Waals surface area contributed by atoms with Crippen LogP contribution in [-0.2, 0) is 32.0 Å². The molecule has 2 aromatic carbocycles. The molecular formula is C46H51N9O8. The molecule has 8 rings (SSSR count). The lowest BCUT2D eigenvalue weighted by molar-refractivity contribution is -0.136. The zero-order valence-corrected chi connectivity index (χ0v) is 35.1. The van der Waals surface area contributed by atoms with Crippen molar-refractivity contribution in [2.45, 2.75) is 83.1 Å². The maximum atomic E-state index is 13.2. The largest absolute Gasteiger partial charge is 0.483 e. The average Bonchev–Trinajstić information content (AvgIpc) is 4.07. The number of benzene rings is 2. The molecule has 328 valence electrons. The molecule has 0 radical (unpaired) electrons. The Bertz CT molecular complexity index is 2460. The zero-order valence-electron chi connectivity index (χ0n) is 35.1. The molecule has 2 fully saturated rings. The Morgan fingerprint density at radius 2 is 1.62 bits per heavy atom. The molecule has 17 nitrogen and oxygen atoms in total. The van der Waals surface area contributed by atoms with Gasteiger partial charge in [0.15, 0.2) is 12.3 Å². The fourth-order valence-electron chi connectivity index (χ4n) is 8.48. The van der Waals surface area contributed by atoms with Crippen molar-refractivity contribution in [3.05, 3.63) is 96.1 Å². The molecule has 3 aliphatic rings. The van der Waals surface area contributed by atoms with E-state index >= 15 is 0 Å². The smallest absolute Gasteiger partial charge is 0.266 e. The van der Waals surface area contributed by atoms with Crippen LogP contribution in [0.15, 0.2) is 77.8 Å². The van der Waals surface area contributed by atoms with Crippen molar-refractivity contribution in [2.75, 3.05) is 44.2 Å². The summed E-state index contributed by atoms with van der Waals surface area (Å²) in [5, 5.41) is 13.6. The van der Waals surface area contributed by atoms with Crippen LogP contribution < -0.4 is 20.3 Å². The summed E-state index contributed by atoms with van der Waals surface area (Å²) in [4.78, 5) is 85.6. The van der Waals surface area contributed by atoms with Gasteiger partial charge in [0.1, 0.15) is 29.7 Å². The molecular weight excluding hydrogens is 807 g/mol. The number of nitrogens with one attached hydrogen (secondary N) is 2. The highest BCUT2D eigenvalue weighted by molar-refractivity contribution is 6.24. The number of hydrogen-bond acceptors (Lipinski definition) is 12. The molecule has 6 heterocycles. The standard InChI is InChI=1S/C46H51N9O8/c56-39-21-19-36(44(59)50-39)55-45(60)34-11-8-12-37(42(34)46(55)61)63-29-40(57)47-22-7-5-3-1-2-4-6-13-41(58)53-25-23-52(24-26-53)32-16-14-31(15-17-32)35-28-48-38(54-30-49-51-43(35)54)20-18-33-10-9-27-62-33/h8-12,14-17,27-28,30,36H,1-7,13,18-26,29H2,(H,47,57)(H,50,56,59). The molecule has 3 aliphatic heterocycles. The lowest BCUT2D eigenvalue weighted by atomic mass is 10.0. The lowest BCUT2D eigenvalue weighted by Gasteiger charge is -2.36. The minimum absolute atomic E-state index is 0.00635.